The fourth-order valence-corrected chi connectivity index (χ4v) is 4.25. The Hall–Kier alpha value is -2.22. The largest absolute Gasteiger partial charge is 0.496 e. The molecule has 0 bridgehead atoms. The molecule has 2 aromatic carbocycles. The highest BCUT2D eigenvalue weighted by atomic mass is 16.5. The standard InChI is InChI=1S/C30H44O2/c1-4-5-6-7-8-9-10-11-12-13-14-18-21-28-29(31-2)24-27(25-30(28)32-3)23-22-26-19-16-15-17-20-26/h15-17,19-20,22-25H,4-14,18,21H2,1-3H3/b23-22+. The lowest BCUT2D eigenvalue weighted by molar-refractivity contribution is 0.383. The first kappa shape index (κ1) is 26.0. The van der Waals surface area contributed by atoms with E-state index in [0.717, 1.165) is 23.5 Å². The van der Waals surface area contributed by atoms with Gasteiger partial charge in [-0.1, -0.05) is 120 Å². The summed E-state index contributed by atoms with van der Waals surface area (Å²) in [5.41, 5.74) is 3.48. The first-order valence-corrected chi connectivity index (χ1v) is 12.8. The van der Waals surface area contributed by atoms with Crippen LogP contribution in [0.15, 0.2) is 42.5 Å². The maximum absolute atomic E-state index is 5.72. The van der Waals surface area contributed by atoms with E-state index >= 15 is 0 Å². The summed E-state index contributed by atoms with van der Waals surface area (Å²) in [7, 11) is 3.51. The molecule has 0 heterocycles. The molecule has 2 rings (SSSR count). The van der Waals surface area contributed by atoms with Crippen molar-refractivity contribution in [2.75, 3.05) is 14.2 Å². The number of hydrogen-bond acceptors (Lipinski definition) is 2. The van der Waals surface area contributed by atoms with Crippen LogP contribution >= 0.6 is 0 Å². The molecule has 2 heteroatoms. The summed E-state index contributed by atoms with van der Waals surface area (Å²) >= 11 is 0. The van der Waals surface area contributed by atoms with Crippen LogP contribution in [0, 0.1) is 0 Å². The third kappa shape index (κ3) is 9.94. The third-order valence-electron chi connectivity index (χ3n) is 6.18. The molecule has 0 fully saturated rings. The van der Waals surface area contributed by atoms with Crippen LogP contribution in [0.2, 0.25) is 0 Å². The van der Waals surface area contributed by atoms with Gasteiger partial charge in [-0.05, 0) is 36.1 Å². The van der Waals surface area contributed by atoms with Gasteiger partial charge < -0.3 is 9.47 Å². The van der Waals surface area contributed by atoms with Crippen molar-refractivity contribution in [2.45, 2.75) is 90.4 Å². The summed E-state index contributed by atoms with van der Waals surface area (Å²) in [4.78, 5) is 0. The summed E-state index contributed by atoms with van der Waals surface area (Å²) in [5.74, 6) is 1.86. The van der Waals surface area contributed by atoms with Gasteiger partial charge in [0.05, 0.1) is 14.2 Å². The molecule has 0 spiro atoms. The minimum Gasteiger partial charge on any atom is -0.496 e. The Bertz CT molecular complexity index is 739. The van der Waals surface area contributed by atoms with E-state index < -0.39 is 0 Å². The van der Waals surface area contributed by atoms with E-state index in [1.54, 1.807) is 14.2 Å². The van der Waals surface area contributed by atoms with E-state index in [4.69, 9.17) is 9.47 Å². The SMILES string of the molecule is CCCCCCCCCCCCCCc1c(OC)cc(/C=C/c2ccccc2)cc1OC. The van der Waals surface area contributed by atoms with E-state index in [9.17, 15) is 0 Å². The first-order chi connectivity index (χ1) is 15.8. The molecule has 0 aromatic heterocycles. The van der Waals surface area contributed by atoms with Crippen LogP contribution < -0.4 is 9.47 Å². The van der Waals surface area contributed by atoms with Gasteiger partial charge >= 0.3 is 0 Å². The quantitative estimate of drug-likeness (QED) is 0.182. The second-order valence-corrected chi connectivity index (χ2v) is 8.79. The number of rotatable bonds is 17. The number of unbranched alkanes of at least 4 members (excludes halogenated alkanes) is 11. The minimum atomic E-state index is 0.931. The molecule has 0 amide bonds. The summed E-state index contributed by atoms with van der Waals surface area (Å²) < 4.78 is 11.4. The van der Waals surface area contributed by atoms with Crippen LogP contribution in [0.25, 0.3) is 12.2 Å². The van der Waals surface area contributed by atoms with Crippen LogP contribution in [-0.2, 0) is 6.42 Å². The lowest BCUT2D eigenvalue weighted by atomic mass is 10.0. The zero-order valence-electron chi connectivity index (χ0n) is 20.7. The van der Waals surface area contributed by atoms with Crippen LogP contribution in [0.3, 0.4) is 0 Å². The molecule has 0 N–H and O–H groups in total. The fourth-order valence-electron chi connectivity index (χ4n) is 4.25. The molecule has 0 saturated carbocycles. The molecule has 32 heavy (non-hydrogen) atoms. The van der Waals surface area contributed by atoms with E-state index in [-0.39, 0.29) is 0 Å². The molecule has 0 saturated heterocycles. The minimum absolute atomic E-state index is 0.931. The van der Waals surface area contributed by atoms with Gasteiger partial charge in [0, 0.05) is 5.56 Å². The van der Waals surface area contributed by atoms with Crippen LogP contribution in [0.4, 0.5) is 0 Å². The second-order valence-electron chi connectivity index (χ2n) is 8.79. The molecular formula is C30H44O2. The lowest BCUT2D eigenvalue weighted by Crippen LogP contribution is -1.98. The average molecular weight is 437 g/mol. The smallest absolute Gasteiger partial charge is 0.126 e. The zero-order valence-corrected chi connectivity index (χ0v) is 20.7. The highest BCUT2D eigenvalue weighted by Gasteiger charge is 2.11. The number of benzene rings is 2. The summed E-state index contributed by atoms with van der Waals surface area (Å²) in [5, 5.41) is 0. The topological polar surface area (TPSA) is 18.5 Å². The van der Waals surface area contributed by atoms with Crippen LogP contribution in [0.5, 0.6) is 11.5 Å². The second kappa shape index (κ2) is 16.4. The molecule has 0 atom stereocenters. The van der Waals surface area contributed by atoms with E-state index in [0.29, 0.717) is 0 Å². The molecule has 0 aliphatic rings. The van der Waals surface area contributed by atoms with Gasteiger partial charge in [-0.2, -0.15) is 0 Å². The monoisotopic (exact) mass is 436 g/mol. The third-order valence-corrected chi connectivity index (χ3v) is 6.18. The van der Waals surface area contributed by atoms with Crippen LogP contribution in [-0.4, -0.2) is 14.2 Å². The maximum atomic E-state index is 5.72. The highest BCUT2D eigenvalue weighted by Crippen LogP contribution is 2.33. The predicted octanol–water partition coefficient (Wildman–Crippen LogP) is 9.12. The highest BCUT2D eigenvalue weighted by molar-refractivity contribution is 5.71. The molecular weight excluding hydrogens is 392 g/mol. The molecule has 0 aliphatic carbocycles. The number of hydrogen-bond donors (Lipinski definition) is 0. The van der Waals surface area contributed by atoms with Crippen molar-refractivity contribution in [2.24, 2.45) is 0 Å². The molecule has 0 aliphatic heterocycles. The van der Waals surface area contributed by atoms with Crippen molar-refractivity contribution < 1.29 is 9.47 Å². The molecule has 0 radical (unpaired) electrons. The zero-order chi connectivity index (χ0) is 22.9. The van der Waals surface area contributed by atoms with Gasteiger partial charge in [0.1, 0.15) is 11.5 Å². The van der Waals surface area contributed by atoms with Crippen molar-refractivity contribution in [3.8, 4) is 11.5 Å². The summed E-state index contributed by atoms with van der Waals surface area (Å²) in [6, 6.07) is 14.6. The Morgan fingerprint density at radius 3 is 1.56 bits per heavy atom. The Labute approximate surface area is 197 Å². The summed E-state index contributed by atoms with van der Waals surface area (Å²) in [6.07, 6.45) is 21.7. The van der Waals surface area contributed by atoms with E-state index in [2.05, 4.69) is 55.5 Å². The van der Waals surface area contributed by atoms with Gasteiger partial charge in [0.25, 0.3) is 0 Å². The Kier molecular flexibility index (Phi) is 13.4. The van der Waals surface area contributed by atoms with Crippen molar-refractivity contribution >= 4 is 12.2 Å². The van der Waals surface area contributed by atoms with Gasteiger partial charge in [-0.25, -0.2) is 0 Å². The first-order valence-electron chi connectivity index (χ1n) is 12.8. The Morgan fingerprint density at radius 2 is 1.06 bits per heavy atom. The lowest BCUT2D eigenvalue weighted by Gasteiger charge is -2.14. The van der Waals surface area contributed by atoms with Crippen molar-refractivity contribution in [1.29, 1.82) is 0 Å². The predicted molar refractivity (Wildman–Crippen MR) is 140 cm³/mol. The van der Waals surface area contributed by atoms with Gasteiger partial charge in [-0.3, -0.25) is 0 Å². The average Bonchev–Trinajstić information content (AvgIpc) is 2.84. The summed E-state index contributed by atoms with van der Waals surface area (Å²) in [6.45, 7) is 2.28. The van der Waals surface area contributed by atoms with E-state index in [1.807, 2.05) is 6.07 Å². The Morgan fingerprint density at radius 1 is 0.594 bits per heavy atom. The number of methoxy groups -OCH3 is 2. The van der Waals surface area contributed by atoms with Gasteiger partial charge in [0.2, 0.25) is 0 Å². The van der Waals surface area contributed by atoms with Crippen molar-refractivity contribution in [1.82, 2.24) is 0 Å². The Balaban J connectivity index is 1.75. The number of ether oxygens (including phenoxy) is 2. The van der Waals surface area contributed by atoms with Gasteiger partial charge in [-0.15, -0.1) is 0 Å². The molecule has 2 nitrogen and oxygen atoms in total. The van der Waals surface area contributed by atoms with Gasteiger partial charge in [0.15, 0.2) is 0 Å². The molecule has 2 aromatic rings. The van der Waals surface area contributed by atoms with Crippen LogP contribution in [0.1, 0.15) is 101 Å². The van der Waals surface area contributed by atoms with Crippen molar-refractivity contribution in [3.63, 3.8) is 0 Å². The van der Waals surface area contributed by atoms with E-state index in [1.165, 1.54) is 88.2 Å². The maximum Gasteiger partial charge on any atom is 0.126 e. The molecule has 176 valence electrons. The molecule has 0 unspecified atom stereocenters. The fraction of sp³-hybridized carbons (Fsp3) is 0.533. The van der Waals surface area contributed by atoms with Crippen molar-refractivity contribution in [3.05, 3.63) is 59.2 Å². The normalized spacial score (nSPS) is 11.2.